The van der Waals surface area contributed by atoms with E-state index in [4.69, 9.17) is 19.3 Å². The van der Waals surface area contributed by atoms with E-state index in [9.17, 15) is 10.1 Å². The fraction of sp³-hybridized carbons (Fsp3) is 0.500. The molecule has 35 heavy (non-hydrogen) atoms. The highest BCUT2D eigenvalue weighted by Crippen LogP contribution is 2.30. The fourth-order valence-corrected chi connectivity index (χ4v) is 4.02. The average molecular weight is 485 g/mol. The largest absolute Gasteiger partial charge is 0.357 e. The van der Waals surface area contributed by atoms with Gasteiger partial charge in [0.2, 0.25) is 0 Å². The minimum atomic E-state index is -0.483. The van der Waals surface area contributed by atoms with Crippen LogP contribution in [0.1, 0.15) is 44.9 Å². The van der Waals surface area contributed by atoms with E-state index in [1.807, 2.05) is 37.7 Å². The van der Waals surface area contributed by atoms with Gasteiger partial charge in [-0.3, -0.25) is 10.1 Å². The number of nitro benzene ring substituents is 1. The lowest BCUT2D eigenvalue weighted by molar-refractivity contribution is -0.384. The third-order valence-corrected chi connectivity index (χ3v) is 5.85. The molecule has 1 saturated heterocycles. The molecule has 0 radical (unpaired) electrons. The number of ether oxygens (including phenoxy) is 3. The third kappa shape index (κ3) is 6.05. The predicted molar refractivity (Wildman–Crippen MR) is 130 cm³/mol. The lowest BCUT2D eigenvalue weighted by atomic mass is 10.2. The van der Waals surface area contributed by atoms with Crippen molar-refractivity contribution in [2.75, 3.05) is 25.1 Å². The number of anilines is 2. The molecule has 0 aliphatic carbocycles. The van der Waals surface area contributed by atoms with E-state index in [1.165, 1.54) is 12.1 Å². The van der Waals surface area contributed by atoms with Crippen molar-refractivity contribution in [3.8, 4) is 11.3 Å². The molecule has 1 unspecified atom stereocenters. The zero-order valence-corrected chi connectivity index (χ0v) is 20.3. The van der Waals surface area contributed by atoms with Crippen LogP contribution >= 0.6 is 0 Å². The molecule has 1 atom stereocenters. The predicted octanol–water partition coefficient (Wildman–Crippen LogP) is 4.81. The summed E-state index contributed by atoms with van der Waals surface area (Å²) in [6, 6.07) is 6.63. The molecule has 4 rings (SSSR count). The van der Waals surface area contributed by atoms with Crippen LogP contribution < -0.4 is 5.32 Å². The molecule has 3 heterocycles. The zero-order chi connectivity index (χ0) is 24.8. The van der Waals surface area contributed by atoms with Gasteiger partial charge in [-0.25, -0.2) is 9.36 Å². The normalized spacial score (nSPS) is 16.1. The summed E-state index contributed by atoms with van der Waals surface area (Å²) < 4.78 is 20.9. The monoisotopic (exact) mass is 484 g/mol. The molecule has 0 bridgehead atoms. The van der Waals surface area contributed by atoms with Crippen molar-refractivity contribution < 1.29 is 19.1 Å². The minimum absolute atomic E-state index is 0.0136. The molecular weight excluding hydrogens is 452 g/mol. The molecule has 3 aromatic rings. The van der Waals surface area contributed by atoms with Crippen molar-refractivity contribution >= 4 is 17.2 Å². The first-order valence-electron chi connectivity index (χ1n) is 12.0. The number of aromatic nitrogens is 4. The van der Waals surface area contributed by atoms with Gasteiger partial charge in [-0.05, 0) is 45.6 Å². The van der Waals surface area contributed by atoms with Crippen molar-refractivity contribution in [2.45, 2.75) is 59.1 Å². The Morgan fingerprint density at radius 3 is 2.74 bits per heavy atom. The maximum absolute atomic E-state index is 11.3. The molecular formula is C24H32N6O5. The summed E-state index contributed by atoms with van der Waals surface area (Å²) in [5, 5.41) is 23.9. The van der Waals surface area contributed by atoms with Crippen LogP contribution in [0, 0.1) is 17.0 Å². The molecule has 11 heteroatoms. The van der Waals surface area contributed by atoms with Crippen molar-refractivity contribution in [1.29, 1.82) is 0 Å². The summed E-state index contributed by atoms with van der Waals surface area (Å²) in [5.74, 6) is 0.662. The molecule has 188 valence electrons. The molecule has 0 saturated carbocycles. The fourth-order valence-electron chi connectivity index (χ4n) is 4.02. The summed E-state index contributed by atoms with van der Waals surface area (Å²) in [6.45, 7) is 7.80. The molecule has 0 spiro atoms. The summed E-state index contributed by atoms with van der Waals surface area (Å²) in [5.41, 5.74) is 3.08. The number of aryl methyl sites for hydroxylation is 1. The van der Waals surface area contributed by atoms with Crippen molar-refractivity contribution in [3.05, 3.63) is 52.3 Å². The first-order valence-corrected chi connectivity index (χ1v) is 12.0. The second kappa shape index (κ2) is 11.4. The number of hydrogen-bond acceptors (Lipinski definition) is 8. The molecule has 1 fully saturated rings. The number of non-ortho nitro benzene ring substituents is 1. The second-order valence-electron chi connectivity index (χ2n) is 8.35. The van der Waals surface area contributed by atoms with E-state index >= 15 is 0 Å². The van der Waals surface area contributed by atoms with Crippen molar-refractivity contribution in [1.82, 2.24) is 19.6 Å². The summed E-state index contributed by atoms with van der Waals surface area (Å²) in [6.07, 6.45) is 6.28. The van der Waals surface area contributed by atoms with Crippen LogP contribution in [0.5, 0.6) is 0 Å². The summed E-state index contributed by atoms with van der Waals surface area (Å²) >= 11 is 0. The van der Waals surface area contributed by atoms with Crippen molar-refractivity contribution in [3.63, 3.8) is 0 Å². The van der Waals surface area contributed by atoms with E-state index in [0.717, 1.165) is 37.0 Å². The van der Waals surface area contributed by atoms with Crippen LogP contribution in [0.4, 0.5) is 17.2 Å². The third-order valence-electron chi connectivity index (χ3n) is 5.85. The van der Waals surface area contributed by atoms with E-state index in [2.05, 4.69) is 10.4 Å². The van der Waals surface area contributed by atoms with Gasteiger partial charge in [0.25, 0.3) is 5.69 Å². The maximum Gasteiger partial charge on any atom is 0.271 e. The number of rotatable bonds is 11. The van der Waals surface area contributed by atoms with E-state index in [1.54, 1.807) is 16.9 Å². The Hall–Kier alpha value is -3.28. The highest BCUT2D eigenvalue weighted by Gasteiger charge is 2.20. The van der Waals surface area contributed by atoms with E-state index in [0.29, 0.717) is 37.0 Å². The van der Waals surface area contributed by atoms with Gasteiger partial charge in [0.15, 0.2) is 6.29 Å². The Bertz CT molecular complexity index is 1130. The standard InChI is InChI=1S/C24H32N6O5/c1-4-33-24(34-5-2)16-28-22(26-20-12-19(30(31)32)10-9-17(20)3)13-21(27-28)18-14-25-29(15-18)23-8-6-7-11-35-23/h9-10,12-15,23-24,26H,4-8,11,16H2,1-3H3. The number of nitro groups is 1. The maximum atomic E-state index is 11.3. The first-order chi connectivity index (χ1) is 17.0. The summed E-state index contributed by atoms with van der Waals surface area (Å²) in [4.78, 5) is 10.9. The molecule has 2 aromatic heterocycles. The Kier molecular flexibility index (Phi) is 8.11. The molecule has 1 aliphatic rings. The molecule has 1 N–H and O–H groups in total. The van der Waals surface area contributed by atoms with Gasteiger partial charge in [0.05, 0.1) is 23.4 Å². The number of benzene rings is 1. The van der Waals surface area contributed by atoms with Crippen LogP contribution in [-0.2, 0) is 20.8 Å². The lowest BCUT2D eigenvalue weighted by Crippen LogP contribution is -2.25. The van der Waals surface area contributed by atoms with Crippen LogP contribution in [0.15, 0.2) is 36.7 Å². The molecule has 1 aromatic carbocycles. The van der Waals surface area contributed by atoms with Gasteiger partial charge < -0.3 is 19.5 Å². The SMILES string of the molecule is CCOC(Cn1nc(-c2cnn(C3CCCCO3)c2)cc1Nc1cc([N+](=O)[O-])ccc1C)OCC. The zero-order valence-electron chi connectivity index (χ0n) is 20.3. The van der Waals surface area contributed by atoms with E-state index < -0.39 is 11.2 Å². The van der Waals surface area contributed by atoms with Crippen molar-refractivity contribution in [2.24, 2.45) is 0 Å². The molecule has 1 aliphatic heterocycles. The van der Waals surface area contributed by atoms with Crippen LogP contribution in [-0.4, -0.2) is 50.6 Å². The topological polar surface area (TPSA) is 119 Å². The Morgan fingerprint density at radius 1 is 1.26 bits per heavy atom. The highest BCUT2D eigenvalue weighted by atomic mass is 16.7. The summed E-state index contributed by atoms with van der Waals surface area (Å²) in [7, 11) is 0. The minimum Gasteiger partial charge on any atom is -0.357 e. The van der Waals surface area contributed by atoms with Gasteiger partial charge in [-0.2, -0.15) is 10.2 Å². The van der Waals surface area contributed by atoms with Gasteiger partial charge >= 0.3 is 0 Å². The van der Waals surface area contributed by atoms with Gasteiger partial charge in [0.1, 0.15) is 12.0 Å². The van der Waals surface area contributed by atoms with Gasteiger partial charge in [0, 0.05) is 55.5 Å². The molecule has 0 amide bonds. The lowest BCUT2D eigenvalue weighted by Gasteiger charge is -2.22. The Labute approximate surface area is 204 Å². The Balaban J connectivity index is 1.66. The van der Waals surface area contributed by atoms with E-state index in [-0.39, 0.29) is 11.9 Å². The smallest absolute Gasteiger partial charge is 0.271 e. The van der Waals surface area contributed by atoms with Gasteiger partial charge in [-0.15, -0.1) is 0 Å². The average Bonchev–Trinajstić information content (AvgIpc) is 3.49. The number of nitrogens with zero attached hydrogens (tertiary/aromatic N) is 5. The Morgan fingerprint density at radius 2 is 2.06 bits per heavy atom. The highest BCUT2D eigenvalue weighted by molar-refractivity contribution is 5.68. The van der Waals surface area contributed by atoms with Crippen LogP contribution in [0.25, 0.3) is 11.3 Å². The van der Waals surface area contributed by atoms with Gasteiger partial charge in [-0.1, -0.05) is 6.07 Å². The first kappa shape index (κ1) is 24.8. The second-order valence-corrected chi connectivity index (χ2v) is 8.35. The number of nitrogens with one attached hydrogen (secondary N) is 1. The molecule has 11 nitrogen and oxygen atoms in total. The van der Waals surface area contributed by atoms with Crippen LogP contribution in [0.3, 0.4) is 0 Å². The van der Waals surface area contributed by atoms with Crippen LogP contribution in [0.2, 0.25) is 0 Å². The quantitative estimate of drug-likeness (QED) is 0.234. The number of hydrogen-bond donors (Lipinski definition) is 1.